The van der Waals surface area contributed by atoms with E-state index in [-0.39, 0.29) is 54.4 Å². The second kappa shape index (κ2) is 15.4. The molecule has 13 nitrogen and oxygen atoms in total. The minimum absolute atomic E-state index is 0.00788. The Morgan fingerprint density at radius 1 is 0.837 bits per heavy atom. The summed E-state index contributed by atoms with van der Waals surface area (Å²) in [5.74, 6) is -2.32. The molecule has 49 heavy (non-hydrogen) atoms. The third-order valence-corrected chi connectivity index (χ3v) is 8.20. The van der Waals surface area contributed by atoms with E-state index < -0.39 is 33.4 Å². The Bertz CT molecular complexity index is 2190. The van der Waals surface area contributed by atoms with Crippen LogP contribution >= 0.6 is 0 Å². The molecule has 2 amide bonds. The van der Waals surface area contributed by atoms with Gasteiger partial charge in [0.15, 0.2) is 0 Å². The molecule has 0 unspecified atom stereocenters. The highest BCUT2D eigenvalue weighted by Crippen LogP contribution is 2.29. The predicted molar refractivity (Wildman–Crippen MR) is 184 cm³/mol. The van der Waals surface area contributed by atoms with Gasteiger partial charge in [0, 0.05) is 66.3 Å². The first-order chi connectivity index (χ1) is 23.5. The predicted octanol–water partition coefficient (Wildman–Crippen LogP) is 4.54. The molecule has 5 rings (SSSR count). The Morgan fingerprint density at radius 3 is 2.37 bits per heavy atom. The molecule has 2 heterocycles. The molecule has 0 aliphatic heterocycles. The lowest BCUT2D eigenvalue weighted by atomic mass is 10.1. The first-order valence-corrected chi connectivity index (χ1v) is 16.9. The van der Waals surface area contributed by atoms with E-state index in [1.165, 1.54) is 17.0 Å². The standard InChI is InChI=1S/C35H33N3O10S/c39-32(40)9-6-14-36-27-13-12-24-19-28(35(43)48-30(24)22-27)31-20-25-10-11-26(21-29(25)47-31)34(42)38(17-18-49(44,45)46)16-15-37-33(41)23-7-4-2-1-3-5-8-23/h1-5,7-8,10-13,19-22,36H,6,9,14-18H2,(H,37,41)(H,39,40)(H,44,45,46)/b2-1-,3-1?,4-2?,5-3-,7-4-,8-5?,23-7?,23-8+. The number of hydrogen-bond donors (Lipinski definition) is 4. The lowest BCUT2D eigenvalue weighted by molar-refractivity contribution is -0.137. The van der Waals surface area contributed by atoms with E-state index in [2.05, 4.69) is 10.6 Å². The van der Waals surface area contributed by atoms with Crippen molar-refractivity contribution in [2.75, 3.05) is 37.2 Å². The molecule has 0 spiro atoms. The molecule has 4 aromatic rings. The van der Waals surface area contributed by atoms with E-state index in [1.54, 1.807) is 72.9 Å². The molecular weight excluding hydrogens is 654 g/mol. The normalized spacial score (nSPS) is 15.8. The third kappa shape index (κ3) is 9.43. The molecule has 4 N–H and O–H groups in total. The number of furan rings is 1. The Morgan fingerprint density at radius 2 is 1.57 bits per heavy atom. The number of anilines is 1. The number of nitrogens with one attached hydrogen (secondary N) is 2. The topological polar surface area (TPSA) is 196 Å². The fourth-order valence-corrected chi connectivity index (χ4v) is 5.46. The molecule has 14 heteroatoms. The number of carboxylic acids is 1. The zero-order chi connectivity index (χ0) is 35.0. The highest BCUT2D eigenvalue weighted by Gasteiger charge is 2.21. The lowest BCUT2D eigenvalue weighted by Gasteiger charge is -2.22. The number of carbonyl (C=O) groups is 3. The van der Waals surface area contributed by atoms with Crippen molar-refractivity contribution in [3.05, 3.63) is 113 Å². The number of fused-ring (bicyclic) bond motifs is 2. The highest BCUT2D eigenvalue weighted by atomic mass is 32.2. The van der Waals surface area contributed by atoms with Crippen molar-refractivity contribution in [3.8, 4) is 11.3 Å². The molecule has 1 aliphatic carbocycles. The second-order valence-electron chi connectivity index (χ2n) is 11.1. The van der Waals surface area contributed by atoms with Crippen LogP contribution in [0.2, 0.25) is 0 Å². The second-order valence-corrected chi connectivity index (χ2v) is 12.6. The van der Waals surface area contributed by atoms with E-state index >= 15 is 0 Å². The van der Waals surface area contributed by atoms with Gasteiger partial charge in [-0.3, -0.25) is 18.9 Å². The van der Waals surface area contributed by atoms with Crippen molar-refractivity contribution < 1.29 is 41.3 Å². The molecule has 254 valence electrons. The zero-order valence-electron chi connectivity index (χ0n) is 26.1. The number of allylic oxidation sites excluding steroid dienone is 6. The first-order valence-electron chi connectivity index (χ1n) is 15.3. The van der Waals surface area contributed by atoms with Crippen LogP contribution in [0, 0.1) is 0 Å². The van der Waals surface area contributed by atoms with Crippen molar-refractivity contribution in [1.82, 2.24) is 10.2 Å². The minimum Gasteiger partial charge on any atom is -0.481 e. The Kier molecular flexibility index (Phi) is 10.9. The van der Waals surface area contributed by atoms with Crippen LogP contribution in [0.25, 0.3) is 33.3 Å². The summed E-state index contributed by atoms with van der Waals surface area (Å²) in [6, 6.07) is 13.1. The van der Waals surface area contributed by atoms with Crippen LogP contribution in [0.4, 0.5) is 5.69 Å². The average molecular weight is 688 g/mol. The molecule has 1 aliphatic rings. The minimum atomic E-state index is -4.39. The zero-order valence-corrected chi connectivity index (χ0v) is 26.9. The molecule has 0 atom stereocenters. The van der Waals surface area contributed by atoms with Crippen molar-refractivity contribution in [1.29, 1.82) is 0 Å². The summed E-state index contributed by atoms with van der Waals surface area (Å²) < 4.78 is 43.9. The van der Waals surface area contributed by atoms with E-state index in [0.717, 1.165) is 0 Å². The van der Waals surface area contributed by atoms with Gasteiger partial charge >= 0.3 is 11.6 Å². The molecule has 0 radical (unpaired) electrons. The van der Waals surface area contributed by atoms with Gasteiger partial charge in [-0.15, -0.1) is 0 Å². The molecular formula is C35H33N3O10S. The lowest BCUT2D eigenvalue weighted by Crippen LogP contribution is -2.41. The summed E-state index contributed by atoms with van der Waals surface area (Å²) in [5, 5.41) is 15.8. The maximum Gasteiger partial charge on any atom is 0.347 e. The smallest absolute Gasteiger partial charge is 0.347 e. The third-order valence-electron chi connectivity index (χ3n) is 7.50. The maximum atomic E-state index is 13.5. The van der Waals surface area contributed by atoms with Crippen molar-refractivity contribution in [2.24, 2.45) is 0 Å². The first kappa shape index (κ1) is 34.6. The van der Waals surface area contributed by atoms with Gasteiger partial charge in [0.1, 0.15) is 22.5 Å². The largest absolute Gasteiger partial charge is 0.481 e. The van der Waals surface area contributed by atoms with Crippen LogP contribution < -0.4 is 16.3 Å². The van der Waals surface area contributed by atoms with Crippen LogP contribution in [0.3, 0.4) is 0 Å². The van der Waals surface area contributed by atoms with Crippen LogP contribution in [-0.4, -0.2) is 72.7 Å². The number of carboxylic acid groups (broad SMARTS) is 1. The van der Waals surface area contributed by atoms with Gasteiger partial charge in [0.25, 0.3) is 21.9 Å². The molecule has 2 aromatic carbocycles. The van der Waals surface area contributed by atoms with Crippen LogP contribution in [0.15, 0.2) is 110 Å². The van der Waals surface area contributed by atoms with Gasteiger partial charge in [0.2, 0.25) is 0 Å². The van der Waals surface area contributed by atoms with Crippen molar-refractivity contribution in [3.63, 3.8) is 0 Å². The Hall–Kier alpha value is -5.73. The summed E-state index contributed by atoms with van der Waals surface area (Å²) in [7, 11) is -4.39. The highest BCUT2D eigenvalue weighted by molar-refractivity contribution is 7.85. The Labute approximate surface area is 280 Å². The van der Waals surface area contributed by atoms with Gasteiger partial charge in [-0.25, -0.2) is 4.79 Å². The Balaban J connectivity index is 1.32. The van der Waals surface area contributed by atoms with Gasteiger partial charge in [-0.1, -0.05) is 36.4 Å². The molecule has 0 saturated heterocycles. The van der Waals surface area contributed by atoms with Crippen molar-refractivity contribution >= 4 is 55.5 Å². The van der Waals surface area contributed by atoms with Gasteiger partial charge in [-0.2, -0.15) is 8.42 Å². The summed E-state index contributed by atoms with van der Waals surface area (Å²) in [4.78, 5) is 51.1. The van der Waals surface area contributed by atoms with Gasteiger partial charge in [-0.05, 0) is 55.0 Å². The monoisotopic (exact) mass is 687 g/mol. The maximum absolute atomic E-state index is 13.5. The molecule has 0 saturated carbocycles. The van der Waals surface area contributed by atoms with E-state index in [9.17, 15) is 32.1 Å². The van der Waals surface area contributed by atoms with Crippen LogP contribution in [0.1, 0.15) is 23.2 Å². The van der Waals surface area contributed by atoms with Gasteiger partial charge < -0.3 is 29.5 Å². The number of hydrogen-bond acceptors (Lipinski definition) is 9. The molecule has 0 fully saturated rings. The van der Waals surface area contributed by atoms with E-state index in [1.807, 2.05) is 6.08 Å². The number of amides is 2. The number of benzene rings is 2. The van der Waals surface area contributed by atoms with Crippen molar-refractivity contribution in [2.45, 2.75) is 12.8 Å². The summed E-state index contributed by atoms with van der Waals surface area (Å²) in [6.45, 7) is 0.0631. The molecule has 0 bridgehead atoms. The summed E-state index contributed by atoms with van der Waals surface area (Å²) in [5.41, 5.74) is 1.34. The average Bonchev–Trinajstić information content (AvgIpc) is 3.46. The quantitative estimate of drug-likeness (QED) is 0.0825. The van der Waals surface area contributed by atoms with E-state index in [0.29, 0.717) is 40.6 Å². The summed E-state index contributed by atoms with van der Waals surface area (Å²) >= 11 is 0. The fourth-order valence-electron chi connectivity index (χ4n) is 5.01. The number of carbonyl (C=O) groups excluding carboxylic acids is 2. The number of aliphatic carboxylic acids is 1. The van der Waals surface area contributed by atoms with Gasteiger partial charge in [0.05, 0.1) is 5.75 Å². The summed E-state index contributed by atoms with van der Waals surface area (Å²) in [6.07, 6.45) is 12.5. The number of nitrogens with zero attached hydrogens (tertiary/aromatic N) is 1. The van der Waals surface area contributed by atoms with Crippen LogP contribution in [-0.2, 0) is 19.7 Å². The van der Waals surface area contributed by atoms with E-state index in [4.69, 9.17) is 13.9 Å². The SMILES string of the molecule is O=C(O)CCCNc1ccc2cc(-c3cc4ccc(C(=O)N(CCNC(=O)C5=C/C=C\C=C/C=C\5)CCS(=O)(=O)O)cc4o3)c(=O)oc2c1. The van der Waals surface area contributed by atoms with Crippen LogP contribution in [0.5, 0.6) is 0 Å². The fraction of sp³-hybridized carbons (Fsp3) is 0.200. The number of rotatable bonds is 14. The molecule has 2 aromatic heterocycles.